The lowest BCUT2D eigenvalue weighted by Gasteiger charge is -2.30. The van der Waals surface area contributed by atoms with Crippen molar-refractivity contribution in [3.63, 3.8) is 0 Å². The molecule has 0 aromatic heterocycles. The van der Waals surface area contributed by atoms with Crippen molar-refractivity contribution in [3.05, 3.63) is 0 Å². The van der Waals surface area contributed by atoms with E-state index in [1.807, 2.05) is 6.92 Å². The fourth-order valence-electron chi connectivity index (χ4n) is 2.47. The largest absolute Gasteiger partial charge is 0.481 e. The van der Waals surface area contributed by atoms with Crippen molar-refractivity contribution in [3.8, 4) is 0 Å². The number of nitrogens with zero attached hydrogens (tertiary/aromatic N) is 2. The van der Waals surface area contributed by atoms with Crippen LogP contribution >= 0.6 is 0 Å². The van der Waals surface area contributed by atoms with E-state index in [4.69, 9.17) is 5.11 Å². The smallest absolute Gasteiger partial charge is 0.319 e. The fourth-order valence-corrected chi connectivity index (χ4v) is 2.47. The zero-order chi connectivity index (χ0) is 14.1. The Morgan fingerprint density at radius 1 is 1.33 bits per heavy atom. The van der Waals surface area contributed by atoms with E-state index >= 15 is 0 Å². The van der Waals surface area contributed by atoms with Gasteiger partial charge in [0.15, 0.2) is 0 Å². The third kappa shape index (κ3) is 3.62. The highest BCUT2D eigenvalue weighted by atomic mass is 16.4. The van der Waals surface area contributed by atoms with Gasteiger partial charge in [0.2, 0.25) is 0 Å². The van der Waals surface area contributed by atoms with Crippen molar-refractivity contribution in [1.29, 1.82) is 0 Å². The molecule has 2 amide bonds. The Balaban J connectivity index is 2.62. The molecule has 1 saturated heterocycles. The maximum absolute atomic E-state index is 12.2. The van der Waals surface area contributed by atoms with Crippen LogP contribution in [0.4, 0.5) is 4.79 Å². The van der Waals surface area contributed by atoms with Crippen molar-refractivity contribution in [2.75, 3.05) is 26.7 Å². The minimum atomic E-state index is -0.809. The minimum absolute atomic E-state index is 0.0227. The van der Waals surface area contributed by atoms with E-state index in [2.05, 4.69) is 20.8 Å². The van der Waals surface area contributed by atoms with Crippen molar-refractivity contribution >= 4 is 12.0 Å². The van der Waals surface area contributed by atoms with Crippen LogP contribution in [0.2, 0.25) is 0 Å². The van der Waals surface area contributed by atoms with E-state index in [1.165, 1.54) is 0 Å². The lowest BCUT2D eigenvalue weighted by molar-refractivity contribution is -0.142. The van der Waals surface area contributed by atoms with Crippen LogP contribution in [0.3, 0.4) is 0 Å². The lowest BCUT2D eigenvalue weighted by atomic mass is 9.96. The van der Waals surface area contributed by atoms with E-state index in [0.717, 1.165) is 0 Å². The zero-order valence-corrected chi connectivity index (χ0v) is 11.9. The molecule has 1 aliphatic rings. The van der Waals surface area contributed by atoms with Gasteiger partial charge in [0.05, 0.1) is 5.92 Å². The van der Waals surface area contributed by atoms with E-state index < -0.39 is 11.9 Å². The summed E-state index contributed by atoms with van der Waals surface area (Å²) in [6, 6.07) is -0.0690. The number of likely N-dealkylation sites (tertiary alicyclic amines) is 1. The van der Waals surface area contributed by atoms with Crippen LogP contribution in [0.15, 0.2) is 0 Å². The standard InChI is InChI=1S/C13H24N2O3/c1-9-6-15(7-10(9)11(16)17)12(18)14(5)8-13(2,3)4/h9-10H,6-8H2,1-5H3,(H,16,17). The van der Waals surface area contributed by atoms with Crippen LogP contribution in [-0.4, -0.2) is 53.6 Å². The average molecular weight is 256 g/mol. The van der Waals surface area contributed by atoms with Crippen LogP contribution in [-0.2, 0) is 4.79 Å². The van der Waals surface area contributed by atoms with Crippen molar-refractivity contribution in [2.45, 2.75) is 27.7 Å². The minimum Gasteiger partial charge on any atom is -0.481 e. The zero-order valence-electron chi connectivity index (χ0n) is 11.9. The number of urea groups is 1. The van der Waals surface area contributed by atoms with Crippen LogP contribution in [0.1, 0.15) is 27.7 Å². The summed E-state index contributed by atoms with van der Waals surface area (Å²) < 4.78 is 0. The van der Waals surface area contributed by atoms with Crippen molar-refractivity contribution < 1.29 is 14.7 Å². The first-order valence-corrected chi connectivity index (χ1v) is 6.34. The van der Waals surface area contributed by atoms with Gasteiger partial charge >= 0.3 is 12.0 Å². The number of hydrogen-bond donors (Lipinski definition) is 1. The molecule has 1 heterocycles. The van der Waals surface area contributed by atoms with Gasteiger partial charge in [-0.25, -0.2) is 4.79 Å². The summed E-state index contributed by atoms with van der Waals surface area (Å²) in [5.74, 6) is -1.22. The summed E-state index contributed by atoms with van der Waals surface area (Å²) in [5, 5.41) is 9.06. The Morgan fingerprint density at radius 3 is 2.28 bits per heavy atom. The molecule has 18 heavy (non-hydrogen) atoms. The molecule has 0 aliphatic carbocycles. The molecule has 2 unspecified atom stereocenters. The maximum atomic E-state index is 12.2. The molecular weight excluding hydrogens is 232 g/mol. The molecule has 1 fully saturated rings. The van der Waals surface area contributed by atoms with Gasteiger partial charge in [-0.3, -0.25) is 4.79 Å². The van der Waals surface area contributed by atoms with Gasteiger partial charge in [-0.05, 0) is 11.3 Å². The van der Waals surface area contributed by atoms with Gasteiger partial charge in [0, 0.05) is 26.7 Å². The summed E-state index contributed by atoms with van der Waals surface area (Å²) in [6.45, 7) is 9.62. The number of carboxylic acids is 1. The van der Waals surface area contributed by atoms with E-state index in [9.17, 15) is 9.59 Å². The molecule has 5 heteroatoms. The second-order valence-electron chi connectivity index (χ2n) is 6.53. The molecule has 2 atom stereocenters. The highest BCUT2D eigenvalue weighted by Crippen LogP contribution is 2.24. The monoisotopic (exact) mass is 256 g/mol. The fraction of sp³-hybridized carbons (Fsp3) is 0.846. The molecule has 0 spiro atoms. The van der Waals surface area contributed by atoms with Crippen LogP contribution in [0.5, 0.6) is 0 Å². The Bertz CT molecular complexity index is 336. The molecule has 1 aliphatic heterocycles. The van der Waals surface area contributed by atoms with Crippen molar-refractivity contribution in [1.82, 2.24) is 9.80 Å². The molecule has 0 bridgehead atoms. The Morgan fingerprint density at radius 2 is 1.89 bits per heavy atom. The van der Waals surface area contributed by atoms with Gasteiger partial charge in [-0.15, -0.1) is 0 Å². The third-order valence-electron chi connectivity index (χ3n) is 3.24. The van der Waals surface area contributed by atoms with Gasteiger partial charge < -0.3 is 14.9 Å². The second-order valence-corrected chi connectivity index (χ2v) is 6.53. The molecule has 1 N–H and O–H groups in total. The molecule has 0 aromatic carbocycles. The predicted octanol–water partition coefficient (Wildman–Crippen LogP) is 1.74. The van der Waals surface area contributed by atoms with E-state index in [1.54, 1.807) is 16.8 Å². The van der Waals surface area contributed by atoms with Gasteiger partial charge in [-0.1, -0.05) is 27.7 Å². The van der Waals surface area contributed by atoms with Crippen LogP contribution in [0, 0.1) is 17.3 Å². The molecule has 1 rings (SSSR count). The topological polar surface area (TPSA) is 60.9 Å². The summed E-state index contributed by atoms with van der Waals surface area (Å²) in [5.41, 5.74) is 0.0436. The molecule has 0 aromatic rings. The second kappa shape index (κ2) is 5.16. The summed E-state index contributed by atoms with van der Waals surface area (Å²) in [7, 11) is 1.77. The number of aliphatic carboxylic acids is 1. The highest BCUT2D eigenvalue weighted by molar-refractivity contribution is 5.77. The summed E-state index contributed by atoms with van der Waals surface area (Å²) >= 11 is 0. The first-order valence-electron chi connectivity index (χ1n) is 6.34. The molecule has 104 valence electrons. The average Bonchev–Trinajstić information content (AvgIpc) is 2.56. The normalized spacial score (nSPS) is 24.2. The highest BCUT2D eigenvalue weighted by Gasteiger charge is 2.38. The van der Waals surface area contributed by atoms with Crippen LogP contribution in [0.25, 0.3) is 0 Å². The summed E-state index contributed by atoms with van der Waals surface area (Å²) in [6.07, 6.45) is 0. The van der Waals surface area contributed by atoms with Gasteiger partial charge in [0.25, 0.3) is 0 Å². The maximum Gasteiger partial charge on any atom is 0.319 e. The number of hydrogen-bond acceptors (Lipinski definition) is 2. The van der Waals surface area contributed by atoms with E-state index in [-0.39, 0.29) is 17.4 Å². The quantitative estimate of drug-likeness (QED) is 0.818. The first kappa shape index (κ1) is 14.8. The van der Waals surface area contributed by atoms with Crippen molar-refractivity contribution in [2.24, 2.45) is 17.3 Å². The van der Waals surface area contributed by atoms with E-state index in [0.29, 0.717) is 19.6 Å². The predicted molar refractivity (Wildman–Crippen MR) is 69.3 cm³/mol. The first-order chi connectivity index (χ1) is 8.11. The Kier molecular flexibility index (Phi) is 4.24. The molecule has 0 saturated carbocycles. The number of carbonyl (C=O) groups excluding carboxylic acids is 1. The van der Waals surface area contributed by atoms with Gasteiger partial charge in [0.1, 0.15) is 0 Å². The number of carbonyl (C=O) groups is 2. The molecular formula is C13H24N2O3. The number of carboxylic acid groups (broad SMARTS) is 1. The number of rotatable bonds is 2. The van der Waals surface area contributed by atoms with Crippen LogP contribution < -0.4 is 0 Å². The third-order valence-corrected chi connectivity index (χ3v) is 3.24. The molecule has 5 nitrogen and oxygen atoms in total. The van der Waals surface area contributed by atoms with Gasteiger partial charge in [-0.2, -0.15) is 0 Å². The molecule has 0 radical (unpaired) electrons. The summed E-state index contributed by atoms with van der Waals surface area (Å²) in [4.78, 5) is 26.5. The lowest BCUT2D eigenvalue weighted by Crippen LogP contribution is -2.43. The Labute approximate surface area is 109 Å². The number of amides is 2. The SMILES string of the molecule is CC1CN(C(=O)N(C)CC(C)(C)C)CC1C(=O)O. The Hall–Kier alpha value is -1.26.